The van der Waals surface area contributed by atoms with Crippen molar-refractivity contribution in [1.82, 2.24) is 5.32 Å². The van der Waals surface area contributed by atoms with Crippen molar-refractivity contribution in [1.29, 1.82) is 0 Å². The van der Waals surface area contributed by atoms with Crippen LogP contribution in [0.4, 0.5) is 0 Å². The number of aliphatic hydroxyl groups is 1. The second-order valence-corrected chi connectivity index (χ2v) is 3.63. The van der Waals surface area contributed by atoms with Gasteiger partial charge in [0.15, 0.2) is 0 Å². The van der Waals surface area contributed by atoms with Crippen LogP contribution in [0.25, 0.3) is 0 Å². The van der Waals surface area contributed by atoms with Crippen LogP contribution in [-0.2, 0) is 0 Å². The fourth-order valence-corrected chi connectivity index (χ4v) is 1.25. The summed E-state index contributed by atoms with van der Waals surface area (Å²) in [4.78, 5) is 11.7. The molecule has 1 atom stereocenters. The molecule has 0 saturated heterocycles. The molecule has 0 saturated carbocycles. The van der Waals surface area contributed by atoms with Gasteiger partial charge in [0.05, 0.1) is 12.6 Å². The van der Waals surface area contributed by atoms with Gasteiger partial charge >= 0.3 is 0 Å². The Labute approximate surface area is 90.1 Å². The van der Waals surface area contributed by atoms with Crippen molar-refractivity contribution in [2.75, 3.05) is 6.61 Å². The Balaban J connectivity index is 2.64. The summed E-state index contributed by atoms with van der Waals surface area (Å²) in [7, 11) is 0. The Bertz CT molecular complexity index is 315. The predicted molar refractivity (Wildman–Crippen MR) is 59.8 cm³/mol. The quantitative estimate of drug-likeness (QED) is 0.786. The van der Waals surface area contributed by atoms with E-state index in [1.54, 1.807) is 12.1 Å². The van der Waals surface area contributed by atoms with Gasteiger partial charge in [0.25, 0.3) is 5.91 Å². The van der Waals surface area contributed by atoms with Crippen LogP contribution in [0.5, 0.6) is 0 Å². The molecule has 0 fully saturated rings. The minimum absolute atomic E-state index is 0.0197. The molecule has 0 bridgehead atoms. The lowest BCUT2D eigenvalue weighted by Gasteiger charge is -2.13. The number of rotatable bonds is 4. The molecule has 3 heteroatoms. The van der Waals surface area contributed by atoms with Gasteiger partial charge in [-0.2, -0.15) is 0 Å². The highest BCUT2D eigenvalue weighted by Crippen LogP contribution is 2.03. The number of carbonyl (C=O) groups excluding carboxylic acids is 1. The summed E-state index contributed by atoms with van der Waals surface area (Å²) in [5.41, 5.74) is 1.76. The third-order valence-corrected chi connectivity index (χ3v) is 2.36. The Morgan fingerprint density at radius 2 is 2.00 bits per heavy atom. The van der Waals surface area contributed by atoms with E-state index >= 15 is 0 Å². The molecule has 1 rings (SSSR count). The lowest BCUT2D eigenvalue weighted by molar-refractivity contribution is 0.0915. The van der Waals surface area contributed by atoms with E-state index in [1.807, 2.05) is 26.0 Å². The molecule has 0 aromatic heterocycles. The first-order valence-corrected chi connectivity index (χ1v) is 5.15. The Morgan fingerprint density at radius 3 is 2.47 bits per heavy atom. The summed E-state index contributed by atoms with van der Waals surface area (Å²) < 4.78 is 0. The van der Waals surface area contributed by atoms with Gasteiger partial charge in [-0.1, -0.05) is 24.6 Å². The lowest BCUT2D eigenvalue weighted by atomic mass is 10.1. The standard InChI is InChI=1S/C12H17NO2/c1-3-11(8-14)13-12(15)10-6-4-9(2)5-7-10/h4-7,11,14H,3,8H2,1-2H3,(H,13,15)/t11-/m1/s1. The Morgan fingerprint density at radius 1 is 1.40 bits per heavy atom. The predicted octanol–water partition coefficient (Wildman–Crippen LogP) is 1.50. The van der Waals surface area contributed by atoms with E-state index in [2.05, 4.69) is 5.32 Å². The first-order chi connectivity index (χ1) is 7.17. The zero-order chi connectivity index (χ0) is 11.3. The molecule has 3 nitrogen and oxygen atoms in total. The van der Waals surface area contributed by atoms with Gasteiger partial charge in [0.1, 0.15) is 0 Å². The number of carbonyl (C=O) groups is 1. The normalized spacial score (nSPS) is 12.2. The van der Waals surface area contributed by atoms with Gasteiger partial charge in [-0.3, -0.25) is 4.79 Å². The van der Waals surface area contributed by atoms with Crippen molar-refractivity contribution in [3.05, 3.63) is 35.4 Å². The number of amides is 1. The molecule has 15 heavy (non-hydrogen) atoms. The van der Waals surface area contributed by atoms with Gasteiger partial charge in [-0.25, -0.2) is 0 Å². The zero-order valence-electron chi connectivity index (χ0n) is 9.16. The molecule has 0 aliphatic rings. The molecule has 82 valence electrons. The molecular formula is C12H17NO2. The third-order valence-electron chi connectivity index (χ3n) is 2.36. The van der Waals surface area contributed by atoms with E-state index in [1.165, 1.54) is 0 Å². The number of benzene rings is 1. The zero-order valence-corrected chi connectivity index (χ0v) is 9.16. The van der Waals surface area contributed by atoms with Crippen molar-refractivity contribution in [2.24, 2.45) is 0 Å². The second-order valence-electron chi connectivity index (χ2n) is 3.63. The minimum atomic E-state index is -0.154. The van der Waals surface area contributed by atoms with Crippen LogP contribution in [0.15, 0.2) is 24.3 Å². The van der Waals surface area contributed by atoms with Gasteiger partial charge in [0, 0.05) is 5.56 Å². The van der Waals surface area contributed by atoms with Crippen molar-refractivity contribution in [2.45, 2.75) is 26.3 Å². The van der Waals surface area contributed by atoms with Gasteiger partial charge in [-0.15, -0.1) is 0 Å². The Kier molecular flexibility index (Phi) is 4.31. The largest absolute Gasteiger partial charge is 0.394 e. The molecule has 2 N–H and O–H groups in total. The summed E-state index contributed by atoms with van der Waals surface area (Å²) in [6.45, 7) is 3.88. The van der Waals surface area contributed by atoms with E-state index in [4.69, 9.17) is 5.11 Å². The van der Waals surface area contributed by atoms with Crippen LogP contribution in [0, 0.1) is 6.92 Å². The second kappa shape index (κ2) is 5.51. The fourth-order valence-electron chi connectivity index (χ4n) is 1.25. The number of hydrogen-bond donors (Lipinski definition) is 2. The van der Waals surface area contributed by atoms with Crippen LogP contribution < -0.4 is 5.32 Å². The molecular weight excluding hydrogens is 190 g/mol. The van der Waals surface area contributed by atoms with E-state index in [0.29, 0.717) is 5.56 Å². The van der Waals surface area contributed by atoms with Crippen LogP contribution in [0.2, 0.25) is 0 Å². The third kappa shape index (κ3) is 3.36. The molecule has 1 aromatic carbocycles. The smallest absolute Gasteiger partial charge is 0.251 e. The molecule has 0 aliphatic heterocycles. The highest BCUT2D eigenvalue weighted by atomic mass is 16.3. The number of aryl methyl sites for hydroxylation is 1. The lowest BCUT2D eigenvalue weighted by Crippen LogP contribution is -2.36. The van der Waals surface area contributed by atoms with Gasteiger partial charge in [-0.05, 0) is 25.5 Å². The summed E-state index contributed by atoms with van der Waals surface area (Å²) in [5.74, 6) is -0.129. The molecule has 0 radical (unpaired) electrons. The molecule has 0 heterocycles. The van der Waals surface area contributed by atoms with E-state index < -0.39 is 0 Å². The van der Waals surface area contributed by atoms with E-state index in [9.17, 15) is 4.79 Å². The molecule has 0 spiro atoms. The van der Waals surface area contributed by atoms with Gasteiger partial charge in [0.2, 0.25) is 0 Å². The number of hydrogen-bond acceptors (Lipinski definition) is 2. The molecule has 1 aromatic rings. The maximum Gasteiger partial charge on any atom is 0.251 e. The molecule has 0 aliphatic carbocycles. The molecule has 0 unspecified atom stereocenters. The highest BCUT2D eigenvalue weighted by molar-refractivity contribution is 5.94. The summed E-state index contributed by atoms with van der Waals surface area (Å²) >= 11 is 0. The average molecular weight is 207 g/mol. The first kappa shape index (κ1) is 11.7. The van der Waals surface area contributed by atoms with E-state index in [0.717, 1.165) is 12.0 Å². The van der Waals surface area contributed by atoms with Crippen molar-refractivity contribution >= 4 is 5.91 Å². The first-order valence-electron chi connectivity index (χ1n) is 5.15. The maximum atomic E-state index is 11.7. The fraction of sp³-hybridized carbons (Fsp3) is 0.417. The summed E-state index contributed by atoms with van der Waals surface area (Å²) in [6.07, 6.45) is 0.730. The topological polar surface area (TPSA) is 49.3 Å². The highest BCUT2D eigenvalue weighted by Gasteiger charge is 2.10. The number of aliphatic hydroxyl groups excluding tert-OH is 1. The molecule has 1 amide bonds. The van der Waals surface area contributed by atoms with Crippen LogP contribution in [0.3, 0.4) is 0 Å². The van der Waals surface area contributed by atoms with Crippen molar-refractivity contribution in [3.8, 4) is 0 Å². The van der Waals surface area contributed by atoms with Gasteiger partial charge < -0.3 is 10.4 Å². The maximum absolute atomic E-state index is 11.7. The van der Waals surface area contributed by atoms with Crippen LogP contribution in [0.1, 0.15) is 29.3 Å². The minimum Gasteiger partial charge on any atom is -0.394 e. The SMILES string of the molecule is CC[C@H](CO)NC(=O)c1ccc(C)cc1. The number of nitrogens with one attached hydrogen (secondary N) is 1. The van der Waals surface area contributed by atoms with Crippen molar-refractivity contribution in [3.63, 3.8) is 0 Å². The monoisotopic (exact) mass is 207 g/mol. The van der Waals surface area contributed by atoms with Crippen molar-refractivity contribution < 1.29 is 9.90 Å². The average Bonchev–Trinajstić information content (AvgIpc) is 2.26. The van der Waals surface area contributed by atoms with Crippen LogP contribution >= 0.6 is 0 Å². The van der Waals surface area contributed by atoms with E-state index in [-0.39, 0.29) is 18.6 Å². The Hall–Kier alpha value is -1.35. The summed E-state index contributed by atoms with van der Waals surface area (Å²) in [5, 5.41) is 11.7. The van der Waals surface area contributed by atoms with Crippen LogP contribution in [-0.4, -0.2) is 23.7 Å². The summed E-state index contributed by atoms with van der Waals surface area (Å²) in [6, 6.07) is 7.21.